The molecule has 18 heavy (non-hydrogen) atoms. The lowest BCUT2D eigenvalue weighted by molar-refractivity contribution is -0.132. The fraction of sp³-hybridized carbons (Fsp3) is 0.462. The molecular formula is C13H15BrClNO2. The Kier molecular flexibility index (Phi) is 4.30. The zero-order chi connectivity index (χ0) is 13.3. The van der Waals surface area contributed by atoms with Crippen LogP contribution >= 0.6 is 27.5 Å². The van der Waals surface area contributed by atoms with Gasteiger partial charge in [-0.3, -0.25) is 4.79 Å². The van der Waals surface area contributed by atoms with Crippen LogP contribution < -0.4 is 5.32 Å². The maximum atomic E-state index is 11.9. The highest BCUT2D eigenvalue weighted by molar-refractivity contribution is 9.10. The van der Waals surface area contributed by atoms with Gasteiger partial charge in [0.15, 0.2) is 0 Å². The van der Waals surface area contributed by atoms with Crippen LogP contribution in [0, 0.1) is 5.92 Å². The van der Waals surface area contributed by atoms with Crippen molar-refractivity contribution in [2.24, 2.45) is 5.92 Å². The van der Waals surface area contributed by atoms with Gasteiger partial charge in [0, 0.05) is 15.4 Å². The van der Waals surface area contributed by atoms with E-state index in [4.69, 9.17) is 11.6 Å². The zero-order valence-electron chi connectivity index (χ0n) is 9.99. The number of hydrogen-bond donors (Lipinski definition) is 2. The van der Waals surface area contributed by atoms with Crippen molar-refractivity contribution in [2.75, 3.05) is 0 Å². The molecule has 0 aliphatic heterocycles. The summed E-state index contributed by atoms with van der Waals surface area (Å²) in [6.07, 6.45) is 0.818. The maximum absolute atomic E-state index is 11.9. The predicted octanol–water partition coefficient (Wildman–Crippen LogP) is 3.05. The Bertz CT molecular complexity index is 460. The highest BCUT2D eigenvalue weighted by Crippen LogP contribution is 2.30. The van der Waals surface area contributed by atoms with Crippen LogP contribution in [-0.2, 0) is 4.79 Å². The second kappa shape index (κ2) is 5.59. The Balaban J connectivity index is 2.01. The minimum Gasteiger partial charge on any atom is -0.393 e. The van der Waals surface area contributed by atoms with Crippen molar-refractivity contribution in [1.29, 1.82) is 0 Å². The number of carbonyl (C=O) groups is 1. The van der Waals surface area contributed by atoms with Gasteiger partial charge < -0.3 is 10.4 Å². The average molecular weight is 333 g/mol. The van der Waals surface area contributed by atoms with Crippen LogP contribution in [0.2, 0.25) is 5.02 Å². The molecule has 0 aromatic heterocycles. The van der Waals surface area contributed by atoms with E-state index >= 15 is 0 Å². The Labute approximate surface area is 120 Å². The lowest BCUT2D eigenvalue weighted by Crippen LogP contribution is -2.42. The van der Waals surface area contributed by atoms with E-state index in [0.29, 0.717) is 17.9 Å². The second-order valence-electron chi connectivity index (χ2n) is 4.72. The number of carbonyl (C=O) groups excluding carboxylic acids is 1. The number of aliphatic hydroxyl groups excluding tert-OH is 1. The third-order valence-corrected chi connectivity index (χ3v) is 4.22. The number of hydrogen-bond acceptors (Lipinski definition) is 2. The summed E-state index contributed by atoms with van der Waals surface area (Å²) < 4.78 is 0.924. The molecule has 1 aromatic rings. The molecule has 0 bridgehead atoms. The molecular weight excluding hydrogens is 318 g/mol. The van der Waals surface area contributed by atoms with Gasteiger partial charge in [0.1, 0.15) is 0 Å². The molecule has 1 amide bonds. The Morgan fingerprint density at radius 1 is 1.56 bits per heavy atom. The van der Waals surface area contributed by atoms with E-state index in [-0.39, 0.29) is 24.0 Å². The molecule has 0 unspecified atom stereocenters. The Hall–Kier alpha value is -0.580. The predicted molar refractivity (Wildman–Crippen MR) is 74.4 cm³/mol. The van der Waals surface area contributed by atoms with E-state index < -0.39 is 0 Å². The first-order valence-electron chi connectivity index (χ1n) is 5.90. The molecule has 1 saturated carbocycles. The monoisotopic (exact) mass is 331 g/mol. The number of nitrogens with one attached hydrogen (secondary N) is 1. The maximum Gasteiger partial charge on any atom is 0.223 e. The summed E-state index contributed by atoms with van der Waals surface area (Å²) in [5, 5.41) is 12.8. The molecule has 1 atom stereocenters. The van der Waals surface area contributed by atoms with Crippen LogP contribution in [0.1, 0.15) is 31.4 Å². The van der Waals surface area contributed by atoms with Crippen LogP contribution in [0.15, 0.2) is 22.7 Å². The van der Waals surface area contributed by atoms with Gasteiger partial charge >= 0.3 is 0 Å². The van der Waals surface area contributed by atoms with E-state index in [1.807, 2.05) is 19.1 Å². The van der Waals surface area contributed by atoms with Crippen molar-refractivity contribution in [3.8, 4) is 0 Å². The van der Waals surface area contributed by atoms with Crippen molar-refractivity contribution >= 4 is 33.4 Å². The summed E-state index contributed by atoms with van der Waals surface area (Å²) >= 11 is 9.40. The minimum atomic E-state index is -0.311. The number of amides is 1. The van der Waals surface area contributed by atoms with Crippen molar-refractivity contribution < 1.29 is 9.90 Å². The molecule has 1 aromatic carbocycles. The van der Waals surface area contributed by atoms with Gasteiger partial charge in [-0.25, -0.2) is 0 Å². The molecule has 1 aliphatic carbocycles. The molecule has 0 spiro atoms. The molecule has 0 heterocycles. The first-order valence-corrected chi connectivity index (χ1v) is 7.08. The van der Waals surface area contributed by atoms with Crippen LogP contribution in [-0.4, -0.2) is 17.1 Å². The molecule has 2 rings (SSSR count). The highest BCUT2D eigenvalue weighted by atomic mass is 79.9. The minimum absolute atomic E-state index is 0.000300. The van der Waals surface area contributed by atoms with Gasteiger partial charge in [-0.2, -0.15) is 0 Å². The lowest BCUT2D eigenvalue weighted by atomic mass is 9.81. The van der Waals surface area contributed by atoms with Crippen molar-refractivity contribution in [3.05, 3.63) is 33.3 Å². The first-order chi connectivity index (χ1) is 8.47. The van der Waals surface area contributed by atoms with Gasteiger partial charge in [-0.1, -0.05) is 27.5 Å². The summed E-state index contributed by atoms with van der Waals surface area (Å²) in [4.78, 5) is 11.9. The third kappa shape index (κ3) is 3.05. The number of aliphatic hydroxyl groups is 1. The summed E-state index contributed by atoms with van der Waals surface area (Å²) in [7, 11) is 0. The van der Waals surface area contributed by atoms with Crippen LogP contribution in [0.5, 0.6) is 0 Å². The standard InChI is InChI=1S/C13H15BrClNO2/c1-7(11-6-9(15)2-3-12(11)14)16-13(18)8-4-10(17)5-8/h2-3,6-8,10,17H,4-5H2,1H3,(H,16,18)/t7-,8?,10?/m0/s1. The van der Waals surface area contributed by atoms with Crippen molar-refractivity contribution in [2.45, 2.75) is 31.9 Å². The van der Waals surface area contributed by atoms with Gasteiger partial charge in [0.2, 0.25) is 5.91 Å². The number of halogens is 2. The summed E-state index contributed by atoms with van der Waals surface area (Å²) in [6.45, 7) is 1.92. The highest BCUT2D eigenvalue weighted by Gasteiger charge is 2.33. The lowest BCUT2D eigenvalue weighted by Gasteiger charge is -2.31. The van der Waals surface area contributed by atoms with E-state index in [2.05, 4.69) is 21.2 Å². The number of rotatable bonds is 3. The van der Waals surface area contributed by atoms with Crippen molar-refractivity contribution in [1.82, 2.24) is 5.32 Å². The van der Waals surface area contributed by atoms with E-state index in [9.17, 15) is 9.90 Å². The van der Waals surface area contributed by atoms with Gasteiger partial charge in [-0.15, -0.1) is 0 Å². The summed E-state index contributed by atoms with van der Waals surface area (Å²) in [5.41, 5.74) is 0.954. The van der Waals surface area contributed by atoms with Gasteiger partial charge in [0.05, 0.1) is 12.1 Å². The molecule has 98 valence electrons. The Morgan fingerprint density at radius 3 is 2.83 bits per heavy atom. The van der Waals surface area contributed by atoms with Crippen LogP contribution in [0.3, 0.4) is 0 Å². The first kappa shape index (κ1) is 13.8. The SMILES string of the molecule is C[C@H](NC(=O)C1CC(O)C1)c1cc(Cl)ccc1Br. The van der Waals surface area contributed by atoms with E-state index in [0.717, 1.165) is 10.0 Å². The topological polar surface area (TPSA) is 49.3 Å². The molecule has 3 nitrogen and oxygen atoms in total. The largest absolute Gasteiger partial charge is 0.393 e. The normalized spacial score (nSPS) is 24.2. The summed E-state index contributed by atoms with van der Waals surface area (Å²) in [5.74, 6) is -0.0555. The third-order valence-electron chi connectivity index (χ3n) is 3.27. The molecule has 1 fully saturated rings. The Morgan fingerprint density at radius 2 is 2.22 bits per heavy atom. The fourth-order valence-electron chi connectivity index (χ4n) is 2.06. The van der Waals surface area contributed by atoms with Gasteiger partial charge in [-0.05, 0) is 43.5 Å². The van der Waals surface area contributed by atoms with E-state index in [1.165, 1.54) is 0 Å². The van der Waals surface area contributed by atoms with Gasteiger partial charge in [0.25, 0.3) is 0 Å². The fourth-order valence-corrected chi connectivity index (χ4v) is 2.83. The van der Waals surface area contributed by atoms with Crippen molar-refractivity contribution in [3.63, 3.8) is 0 Å². The molecule has 5 heteroatoms. The molecule has 0 saturated heterocycles. The van der Waals surface area contributed by atoms with Crippen LogP contribution in [0.25, 0.3) is 0 Å². The second-order valence-corrected chi connectivity index (χ2v) is 6.01. The van der Waals surface area contributed by atoms with E-state index in [1.54, 1.807) is 6.07 Å². The molecule has 2 N–H and O–H groups in total. The smallest absolute Gasteiger partial charge is 0.223 e. The summed E-state index contributed by atoms with van der Waals surface area (Å²) in [6, 6.07) is 5.40. The average Bonchev–Trinajstić information content (AvgIpc) is 2.27. The number of benzene rings is 1. The molecule has 0 radical (unpaired) electrons. The van der Waals surface area contributed by atoms with Crippen LogP contribution in [0.4, 0.5) is 0 Å². The quantitative estimate of drug-likeness (QED) is 0.894. The zero-order valence-corrected chi connectivity index (χ0v) is 12.3. The molecule has 1 aliphatic rings.